The third-order valence-electron chi connectivity index (χ3n) is 3.28. The molecular formula is C17H14BrN5. The summed E-state index contributed by atoms with van der Waals surface area (Å²) >= 11 is 3.46. The number of amidine groups is 1. The lowest BCUT2D eigenvalue weighted by Gasteiger charge is -2.15. The summed E-state index contributed by atoms with van der Waals surface area (Å²) in [6, 6.07) is 13.4. The number of halogens is 1. The monoisotopic (exact) mass is 367 g/mol. The summed E-state index contributed by atoms with van der Waals surface area (Å²) in [5.41, 5.74) is 8.78. The number of pyridine rings is 1. The van der Waals surface area contributed by atoms with Crippen LogP contribution in [0.2, 0.25) is 0 Å². The topological polar surface area (TPSA) is 87.2 Å². The highest BCUT2D eigenvalue weighted by atomic mass is 79.9. The second-order valence-electron chi connectivity index (χ2n) is 4.86. The van der Waals surface area contributed by atoms with E-state index in [4.69, 9.17) is 11.1 Å². The summed E-state index contributed by atoms with van der Waals surface area (Å²) in [7, 11) is 0. The molecule has 4 N–H and O–H groups in total. The van der Waals surface area contributed by atoms with Crippen LogP contribution < -0.4 is 11.1 Å². The van der Waals surface area contributed by atoms with Crippen molar-refractivity contribution in [3.63, 3.8) is 0 Å². The number of hydrogen-bond acceptors (Lipinski definition) is 4. The Morgan fingerprint density at radius 1 is 1.17 bits per heavy atom. The van der Waals surface area contributed by atoms with Gasteiger partial charge in [-0.2, -0.15) is 0 Å². The van der Waals surface area contributed by atoms with E-state index in [2.05, 4.69) is 31.2 Å². The minimum Gasteiger partial charge on any atom is -0.384 e. The predicted octanol–water partition coefficient (Wildman–Crippen LogP) is 3.16. The second-order valence-corrected chi connectivity index (χ2v) is 5.78. The van der Waals surface area contributed by atoms with Crippen molar-refractivity contribution >= 4 is 39.1 Å². The van der Waals surface area contributed by atoms with Crippen molar-refractivity contribution < 1.29 is 0 Å². The summed E-state index contributed by atoms with van der Waals surface area (Å²) in [6.07, 6.45) is 5.25. The van der Waals surface area contributed by atoms with Crippen LogP contribution in [0.4, 0.5) is 0 Å². The van der Waals surface area contributed by atoms with E-state index >= 15 is 0 Å². The number of allylic oxidation sites excluding steroid dienone is 1. The molecule has 0 radical (unpaired) electrons. The van der Waals surface area contributed by atoms with Gasteiger partial charge in [-0.05, 0) is 29.8 Å². The van der Waals surface area contributed by atoms with Gasteiger partial charge in [0.15, 0.2) is 0 Å². The normalized spacial score (nSPS) is 15.6. The van der Waals surface area contributed by atoms with E-state index in [1.54, 1.807) is 18.5 Å². The number of rotatable bonds is 3. The fourth-order valence-electron chi connectivity index (χ4n) is 2.21. The van der Waals surface area contributed by atoms with Gasteiger partial charge in [-0.25, -0.2) is 4.99 Å². The number of aromatic nitrogens is 1. The molecule has 3 rings (SSSR count). The number of hydrogen-bond donors (Lipinski definition) is 3. The molecule has 2 heterocycles. The Balaban J connectivity index is 1.95. The summed E-state index contributed by atoms with van der Waals surface area (Å²) in [5.74, 6) is 0.428. The first-order valence-corrected chi connectivity index (χ1v) is 7.71. The zero-order valence-electron chi connectivity index (χ0n) is 12.1. The van der Waals surface area contributed by atoms with Gasteiger partial charge in [0, 0.05) is 28.7 Å². The Morgan fingerprint density at radius 2 is 2.04 bits per heavy atom. The quantitative estimate of drug-likeness (QED) is 0.575. The summed E-state index contributed by atoms with van der Waals surface area (Å²) < 4.78 is 1.00. The number of nitrogens with two attached hydrogens (primary N) is 1. The molecule has 6 heteroatoms. The molecule has 1 aromatic carbocycles. The molecule has 1 aromatic heterocycles. The zero-order valence-corrected chi connectivity index (χ0v) is 13.7. The Bertz CT molecular complexity index is 837. The molecule has 1 aliphatic rings. The highest BCUT2D eigenvalue weighted by Gasteiger charge is 2.15. The highest BCUT2D eigenvalue weighted by Crippen LogP contribution is 2.22. The average Bonchev–Trinajstić information content (AvgIpc) is 2.56. The second kappa shape index (κ2) is 6.58. The molecule has 23 heavy (non-hydrogen) atoms. The maximum atomic E-state index is 7.81. The molecule has 2 aromatic rings. The van der Waals surface area contributed by atoms with Gasteiger partial charge >= 0.3 is 0 Å². The standard InChI is InChI=1S/C17H14BrN5/c18-13-5-3-4-11(8-13)12-9-22-17(23-10-12)15(16(19)20)14-6-1-2-7-21-14/h1-10,22H,(H3,19,20)/b17-15-. The Morgan fingerprint density at radius 3 is 2.65 bits per heavy atom. The highest BCUT2D eigenvalue weighted by molar-refractivity contribution is 9.10. The summed E-state index contributed by atoms with van der Waals surface area (Å²) in [4.78, 5) is 8.66. The number of benzene rings is 1. The fraction of sp³-hybridized carbons (Fsp3) is 0. The van der Waals surface area contributed by atoms with Crippen LogP contribution in [-0.2, 0) is 0 Å². The van der Waals surface area contributed by atoms with E-state index in [1.807, 2.05) is 42.6 Å². The van der Waals surface area contributed by atoms with E-state index in [0.717, 1.165) is 15.6 Å². The molecule has 0 aliphatic carbocycles. The third kappa shape index (κ3) is 3.37. The van der Waals surface area contributed by atoms with Crippen LogP contribution in [-0.4, -0.2) is 17.0 Å². The molecule has 0 bridgehead atoms. The Kier molecular flexibility index (Phi) is 4.34. The van der Waals surface area contributed by atoms with E-state index in [-0.39, 0.29) is 5.84 Å². The minimum atomic E-state index is -0.0809. The first kappa shape index (κ1) is 15.2. The number of nitrogens with zero attached hydrogens (tertiary/aromatic N) is 2. The Hall–Kier alpha value is -2.73. The largest absolute Gasteiger partial charge is 0.384 e. The summed E-state index contributed by atoms with van der Waals surface area (Å²) in [6.45, 7) is 0. The van der Waals surface area contributed by atoms with Crippen molar-refractivity contribution in [1.82, 2.24) is 10.3 Å². The van der Waals surface area contributed by atoms with Crippen LogP contribution in [0.1, 0.15) is 11.3 Å². The molecule has 1 aliphatic heterocycles. The molecule has 114 valence electrons. The van der Waals surface area contributed by atoms with Crippen LogP contribution in [0.25, 0.3) is 11.1 Å². The van der Waals surface area contributed by atoms with E-state index in [1.165, 1.54) is 0 Å². The molecule has 0 fully saturated rings. The maximum Gasteiger partial charge on any atom is 0.143 e. The van der Waals surface area contributed by atoms with Gasteiger partial charge in [-0.1, -0.05) is 34.1 Å². The molecule has 0 amide bonds. The molecule has 0 saturated heterocycles. The van der Waals surface area contributed by atoms with Crippen molar-refractivity contribution in [2.75, 3.05) is 0 Å². The van der Waals surface area contributed by atoms with E-state index < -0.39 is 0 Å². The molecule has 0 unspecified atom stereocenters. The van der Waals surface area contributed by atoms with Gasteiger partial charge in [0.05, 0.1) is 11.3 Å². The number of nitrogens with one attached hydrogen (secondary N) is 2. The lowest BCUT2D eigenvalue weighted by molar-refractivity contribution is 1.03. The van der Waals surface area contributed by atoms with E-state index in [9.17, 15) is 0 Å². The van der Waals surface area contributed by atoms with Crippen molar-refractivity contribution in [3.8, 4) is 0 Å². The van der Waals surface area contributed by atoms with E-state index in [0.29, 0.717) is 17.1 Å². The average molecular weight is 368 g/mol. The van der Waals surface area contributed by atoms with Gasteiger partial charge in [-0.3, -0.25) is 10.4 Å². The van der Waals surface area contributed by atoms with Crippen molar-refractivity contribution in [3.05, 3.63) is 76.4 Å². The maximum absolute atomic E-state index is 7.81. The zero-order chi connectivity index (χ0) is 16.2. The third-order valence-corrected chi connectivity index (χ3v) is 3.78. The first-order valence-electron chi connectivity index (χ1n) is 6.92. The SMILES string of the molecule is N=C(N)/C(=C1\N=CC(c2cccc(Br)c2)=CN1)c1ccccn1. The van der Waals surface area contributed by atoms with Crippen LogP contribution in [0.5, 0.6) is 0 Å². The fourth-order valence-corrected chi connectivity index (χ4v) is 2.61. The predicted molar refractivity (Wildman–Crippen MR) is 96.8 cm³/mol. The van der Waals surface area contributed by atoms with Gasteiger partial charge in [-0.15, -0.1) is 0 Å². The molecule has 0 spiro atoms. The van der Waals surface area contributed by atoms with Gasteiger partial charge < -0.3 is 11.1 Å². The Labute approximate surface area is 142 Å². The van der Waals surface area contributed by atoms with Crippen molar-refractivity contribution in [2.24, 2.45) is 10.7 Å². The van der Waals surface area contributed by atoms with Gasteiger partial charge in [0.1, 0.15) is 11.7 Å². The van der Waals surface area contributed by atoms with Crippen LogP contribution >= 0.6 is 15.9 Å². The van der Waals surface area contributed by atoms with Gasteiger partial charge in [0.25, 0.3) is 0 Å². The molecular weight excluding hydrogens is 354 g/mol. The van der Waals surface area contributed by atoms with Crippen LogP contribution in [0.15, 0.2) is 70.1 Å². The molecule has 0 saturated carbocycles. The lowest BCUT2D eigenvalue weighted by atomic mass is 10.1. The minimum absolute atomic E-state index is 0.0809. The van der Waals surface area contributed by atoms with Crippen LogP contribution in [0, 0.1) is 5.41 Å². The lowest BCUT2D eigenvalue weighted by Crippen LogP contribution is -2.20. The van der Waals surface area contributed by atoms with Crippen molar-refractivity contribution in [1.29, 1.82) is 5.41 Å². The summed E-state index contributed by atoms with van der Waals surface area (Å²) in [5, 5.41) is 10.9. The van der Waals surface area contributed by atoms with Gasteiger partial charge in [0.2, 0.25) is 0 Å². The van der Waals surface area contributed by atoms with Crippen molar-refractivity contribution in [2.45, 2.75) is 0 Å². The molecule has 0 atom stereocenters. The molecule has 5 nitrogen and oxygen atoms in total. The smallest absolute Gasteiger partial charge is 0.143 e. The first-order chi connectivity index (χ1) is 11.1. The number of aliphatic imine (C=N–C) groups is 1. The van der Waals surface area contributed by atoms with Crippen LogP contribution in [0.3, 0.4) is 0 Å².